The van der Waals surface area contributed by atoms with Crippen LogP contribution in [0.15, 0.2) is 35.4 Å². The van der Waals surface area contributed by atoms with Crippen molar-refractivity contribution >= 4 is 0 Å². The van der Waals surface area contributed by atoms with Crippen LogP contribution in [0.3, 0.4) is 0 Å². The van der Waals surface area contributed by atoms with Gasteiger partial charge in [-0.15, -0.1) is 0 Å². The Kier molecular flexibility index (Phi) is 4.67. The predicted molar refractivity (Wildman–Crippen MR) is 86.3 cm³/mol. The third-order valence-electron chi connectivity index (χ3n) is 5.38. The van der Waals surface area contributed by atoms with Crippen molar-refractivity contribution in [3.8, 4) is 0 Å². The van der Waals surface area contributed by atoms with Gasteiger partial charge in [0.1, 0.15) is 0 Å². The van der Waals surface area contributed by atoms with Crippen LogP contribution in [-0.2, 0) is 5.54 Å². The second-order valence-electron chi connectivity index (χ2n) is 6.55. The van der Waals surface area contributed by atoms with E-state index in [1.54, 1.807) is 0 Å². The van der Waals surface area contributed by atoms with E-state index in [1.165, 1.54) is 5.56 Å². The molecule has 0 aromatic heterocycles. The lowest BCUT2D eigenvalue weighted by atomic mass is 9.73. The van der Waals surface area contributed by atoms with Crippen LogP contribution in [0, 0.1) is 0 Å². The van der Waals surface area contributed by atoms with Crippen LogP contribution in [0.25, 0.3) is 10.4 Å². The van der Waals surface area contributed by atoms with E-state index in [9.17, 15) is 5.11 Å². The highest BCUT2D eigenvalue weighted by Crippen LogP contribution is 2.43. The van der Waals surface area contributed by atoms with Crippen molar-refractivity contribution in [1.82, 2.24) is 4.90 Å². The lowest BCUT2D eigenvalue weighted by Gasteiger charge is -2.50. The van der Waals surface area contributed by atoms with E-state index in [2.05, 4.69) is 45.3 Å². The Bertz CT molecular complexity index is 525. The summed E-state index contributed by atoms with van der Waals surface area (Å²) in [5, 5.41) is 13.8. The molecule has 0 unspecified atom stereocenters. The highest BCUT2D eigenvalue weighted by Gasteiger charge is 2.42. The molecule has 5 heteroatoms. The number of nitrogens with zero attached hydrogens (tertiary/aromatic N) is 4. The fraction of sp³-hybridized carbons (Fsp3) is 0.647. The summed E-state index contributed by atoms with van der Waals surface area (Å²) in [5.74, 6) is 0. The lowest BCUT2D eigenvalue weighted by molar-refractivity contribution is -0.00993. The molecule has 5 nitrogen and oxygen atoms in total. The normalized spacial score (nSPS) is 30.7. The van der Waals surface area contributed by atoms with Gasteiger partial charge in [-0.05, 0) is 62.7 Å². The van der Waals surface area contributed by atoms with Crippen LogP contribution in [0.2, 0.25) is 0 Å². The summed E-state index contributed by atoms with van der Waals surface area (Å²) in [4.78, 5) is 5.52. The molecule has 1 aliphatic carbocycles. The molecule has 22 heavy (non-hydrogen) atoms. The van der Waals surface area contributed by atoms with E-state index in [1.807, 2.05) is 0 Å². The molecular weight excluding hydrogens is 276 g/mol. The number of hydrogen-bond acceptors (Lipinski definition) is 3. The zero-order chi connectivity index (χ0) is 15.4. The Morgan fingerprint density at radius 2 is 1.73 bits per heavy atom. The number of aliphatic hydroxyl groups excluding tert-OH is 1. The average molecular weight is 300 g/mol. The monoisotopic (exact) mass is 300 g/mol. The molecule has 0 spiro atoms. The quantitative estimate of drug-likeness (QED) is 0.526. The summed E-state index contributed by atoms with van der Waals surface area (Å²) in [6.45, 7) is 1.93. The van der Waals surface area contributed by atoms with E-state index in [-0.39, 0.29) is 17.7 Å². The van der Waals surface area contributed by atoms with Crippen LogP contribution in [0.1, 0.15) is 44.1 Å². The van der Waals surface area contributed by atoms with Crippen LogP contribution in [0.5, 0.6) is 0 Å². The van der Waals surface area contributed by atoms with Crippen LogP contribution in [0.4, 0.5) is 0 Å². The average Bonchev–Trinajstić information content (AvgIpc) is 2.58. The van der Waals surface area contributed by atoms with Crippen molar-refractivity contribution in [2.75, 3.05) is 13.1 Å². The van der Waals surface area contributed by atoms with Crippen molar-refractivity contribution in [3.05, 3.63) is 46.3 Å². The maximum atomic E-state index is 9.93. The van der Waals surface area contributed by atoms with Crippen LogP contribution >= 0.6 is 0 Å². The molecule has 1 N–H and O–H groups in total. The first-order valence-corrected chi connectivity index (χ1v) is 8.27. The van der Waals surface area contributed by atoms with Gasteiger partial charge in [-0.25, -0.2) is 0 Å². The van der Waals surface area contributed by atoms with Gasteiger partial charge in [0, 0.05) is 16.5 Å². The highest BCUT2D eigenvalue weighted by molar-refractivity contribution is 5.26. The number of rotatable bonds is 3. The van der Waals surface area contributed by atoms with Gasteiger partial charge in [-0.3, -0.25) is 4.90 Å². The Balaban J connectivity index is 1.82. The zero-order valence-electron chi connectivity index (χ0n) is 12.9. The summed E-state index contributed by atoms with van der Waals surface area (Å²) < 4.78 is 0. The molecule has 1 saturated heterocycles. The van der Waals surface area contributed by atoms with Crippen molar-refractivity contribution < 1.29 is 5.11 Å². The lowest BCUT2D eigenvalue weighted by Crippen LogP contribution is -2.52. The van der Waals surface area contributed by atoms with Gasteiger partial charge in [0.15, 0.2) is 0 Å². The molecule has 0 radical (unpaired) electrons. The maximum absolute atomic E-state index is 9.93. The third-order valence-corrected chi connectivity index (χ3v) is 5.38. The minimum atomic E-state index is -0.155. The molecule has 1 heterocycles. The van der Waals surface area contributed by atoms with Crippen molar-refractivity contribution in [2.45, 2.75) is 56.2 Å². The molecule has 0 atom stereocenters. The Hall–Kier alpha value is -1.55. The van der Waals surface area contributed by atoms with Gasteiger partial charge in [0.25, 0.3) is 0 Å². The fourth-order valence-electron chi connectivity index (χ4n) is 4.10. The molecule has 1 saturated carbocycles. The molecule has 0 bridgehead atoms. The van der Waals surface area contributed by atoms with Crippen LogP contribution < -0.4 is 0 Å². The maximum Gasteiger partial charge on any atom is 0.0541 e. The predicted octanol–water partition coefficient (Wildman–Crippen LogP) is 3.59. The van der Waals surface area contributed by atoms with Crippen LogP contribution in [-0.4, -0.2) is 35.2 Å². The first-order chi connectivity index (χ1) is 10.7. The van der Waals surface area contributed by atoms with E-state index in [0.29, 0.717) is 0 Å². The highest BCUT2D eigenvalue weighted by atomic mass is 16.3. The second kappa shape index (κ2) is 6.69. The molecule has 2 fully saturated rings. The van der Waals surface area contributed by atoms with E-state index < -0.39 is 0 Å². The molecule has 2 aliphatic rings. The minimum Gasteiger partial charge on any atom is -0.393 e. The topological polar surface area (TPSA) is 72.2 Å². The van der Waals surface area contributed by atoms with Crippen molar-refractivity contribution in [2.24, 2.45) is 5.11 Å². The number of likely N-dealkylation sites (tertiary alicyclic amines) is 1. The van der Waals surface area contributed by atoms with Gasteiger partial charge in [-0.1, -0.05) is 35.4 Å². The molecule has 3 rings (SSSR count). The number of piperidine rings is 1. The van der Waals surface area contributed by atoms with Gasteiger partial charge < -0.3 is 5.11 Å². The molecule has 0 amide bonds. The third kappa shape index (κ3) is 2.98. The molecule has 1 aromatic carbocycles. The molecule has 1 aromatic rings. The first kappa shape index (κ1) is 15.3. The largest absolute Gasteiger partial charge is 0.393 e. The van der Waals surface area contributed by atoms with E-state index in [0.717, 1.165) is 51.6 Å². The van der Waals surface area contributed by atoms with Gasteiger partial charge in [-0.2, -0.15) is 0 Å². The summed E-state index contributed by atoms with van der Waals surface area (Å²) in [6.07, 6.45) is 5.45. The number of benzene rings is 1. The Morgan fingerprint density at radius 1 is 1.09 bits per heavy atom. The van der Waals surface area contributed by atoms with Gasteiger partial charge >= 0.3 is 0 Å². The van der Waals surface area contributed by atoms with Crippen molar-refractivity contribution in [3.63, 3.8) is 0 Å². The van der Waals surface area contributed by atoms with Crippen molar-refractivity contribution in [1.29, 1.82) is 0 Å². The van der Waals surface area contributed by atoms with Gasteiger partial charge in [0.2, 0.25) is 0 Å². The molecule has 118 valence electrons. The number of azide groups is 1. The number of aliphatic hydroxyl groups is 1. The smallest absolute Gasteiger partial charge is 0.0541 e. The SMILES string of the molecule is [N-]=[N+]=NC1CCN(C2(c3ccccc3)CCC(O)CC2)CC1. The number of hydrogen-bond donors (Lipinski definition) is 1. The summed E-state index contributed by atoms with van der Waals surface area (Å²) in [5.41, 5.74) is 10.0. The van der Waals surface area contributed by atoms with Gasteiger partial charge in [0.05, 0.1) is 6.10 Å². The molecular formula is C17H24N4O. The second-order valence-corrected chi connectivity index (χ2v) is 6.55. The summed E-state index contributed by atoms with van der Waals surface area (Å²) in [6, 6.07) is 10.9. The fourth-order valence-corrected chi connectivity index (χ4v) is 4.10. The van der Waals surface area contributed by atoms with E-state index >= 15 is 0 Å². The summed E-state index contributed by atoms with van der Waals surface area (Å²) in [7, 11) is 0. The Labute approximate surface area is 131 Å². The zero-order valence-corrected chi connectivity index (χ0v) is 12.9. The van der Waals surface area contributed by atoms with E-state index in [4.69, 9.17) is 5.53 Å². The standard InChI is InChI=1S/C17H24N4O/c18-20-19-15-8-12-21(13-9-15)17(10-6-16(22)7-11-17)14-4-2-1-3-5-14/h1-5,15-16,22H,6-13H2. The first-order valence-electron chi connectivity index (χ1n) is 8.27. The summed E-state index contributed by atoms with van der Waals surface area (Å²) >= 11 is 0. The minimum absolute atomic E-state index is 0.0435. The molecule has 1 aliphatic heterocycles. The Morgan fingerprint density at radius 3 is 2.32 bits per heavy atom.